The first-order valence-corrected chi connectivity index (χ1v) is 6.56. The predicted molar refractivity (Wildman–Crippen MR) is 78.9 cm³/mol. The molecule has 0 spiro atoms. The van der Waals surface area contributed by atoms with Crippen molar-refractivity contribution in [1.82, 2.24) is 5.32 Å². The lowest BCUT2D eigenvalue weighted by Gasteiger charge is -2.17. The van der Waals surface area contributed by atoms with E-state index in [1.54, 1.807) is 43.4 Å². The largest absolute Gasteiger partial charge is 0.457 e. The van der Waals surface area contributed by atoms with Gasteiger partial charge in [0.25, 0.3) is 0 Å². The van der Waals surface area contributed by atoms with E-state index < -0.39 is 5.91 Å². The number of carbonyl (C=O) groups is 1. The highest BCUT2D eigenvalue weighted by atomic mass is 19.1. The minimum absolute atomic E-state index is 0.189. The number of halogens is 1. The molecule has 4 nitrogen and oxygen atoms in total. The first kappa shape index (κ1) is 15.0. The summed E-state index contributed by atoms with van der Waals surface area (Å²) in [6.07, 6.45) is 0. The summed E-state index contributed by atoms with van der Waals surface area (Å²) in [7, 11) is 1.75. The van der Waals surface area contributed by atoms with Gasteiger partial charge in [0, 0.05) is 17.2 Å². The van der Waals surface area contributed by atoms with E-state index in [9.17, 15) is 9.18 Å². The van der Waals surface area contributed by atoms with E-state index in [-0.39, 0.29) is 11.9 Å². The van der Waals surface area contributed by atoms with Crippen molar-refractivity contribution in [1.29, 1.82) is 0 Å². The lowest BCUT2D eigenvalue weighted by atomic mass is 10.1. The summed E-state index contributed by atoms with van der Waals surface area (Å²) in [4.78, 5) is 11.0. The highest BCUT2D eigenvalue weighted by Crippen LogP contribution is 2.31. The van der Waals surface area contributed by atoms with Crippen LogP contribution in [0.4, 0.5) is 4.39 Å². The van der Waals surface area contributed by atoms with Gasteiger partial charge in [-0.1, -0.05) is 6.07 Å². The van der Waals surface area contributed by atoms with Gasteiger partial charge in [-0.25, -0.2) is 4.39 Å². The van der Waals surface area contributed by atoms with Crippen molar-refractivity contribution in [3.05, 3.63) is 59.4 Å². The Hall–Kier alpha value is -2.40. The molecule has 0 aliphatic heterocycles. The zero-order valence-electron chi connectivity index (χ0n) is 11.9. The van der Waals surface area contributed by atoms with Gasteiger partial charge in [0.1, 0.15) is 17.3 Å². The van der Waals surface area contributed by atoms with Crippen LogP contribution in [-0.4, -0.2) is 13.0 Å². The van der Waals surface area contributed by atoms with E-state index in [1.165, 1.54) is 6.07 Å². The summed E-state index contributed by atoms with van der Waals surface area (Å²) in [6, 6.07) is 10.9. The van der Waals surface area contributed by atoms with Crippen LogP contribution in [0.1, 0.15) is 28.9 Å². The number of amides is 1. The molecule has 2 aromatic rings. The molecular formula is C16H17FN2O2. The lowest BCUT2D eigenvalue weighted by molar-refractivity contribution is 0.100. The Bertz CT molecular complexity index is 641. The second-order valence-electron chi connectivity index (χ2n) is 4.65. The van der Waals surface area contributed by atoms with E-state index in [0.717, 1.165) is 0 Å². The third-order valence-electron chi connectivity index (χ3n) is 3.25. The zero-order valence-corrected chi connectivity index (χ0v) is 11.9. The summed E-state index contributed by atoms with van der Waals surface area (Å²) in [5.41, 5.74) is 6.03. The summed E-state index contributed by atoms with van der Waals surface area (Å²) in [5.74, 6) is 0.110. The average molecular weight is 288 g/mol. The Labute approximate surface area is 122 Å². The van der Waals surface area contributed by atoms with Crippen molar-refractivity contribution >= 4 is 5.91 Å². The Morgan fingerprint density at radius 2 is 1.90 bits per heavy atom. The third-order valence-corrected chi connectivity index (χ3v) is 3.25. The van der Waals surface area contributed by atoms with Gasteiger partial charge in [-0.2, -0.15) is 0 Å². The third kappa shape index (κ3) is 3.38. The van der Waals surface area contributed by atoms with Crippen LogP contribution in [0.5, 0.6) is 11.5 Å². The first-order chi connectivity index (χ1) is 10.0. The summed E-state index contributed by atoms with van der Waals surface area (Å²) >= 11 is 0. The number of ether oxygens (including phenoxy) is 1. The molecule has 0 fully saturated rings. The molecule has 1 amide bonds. The van der Waals surface area contributed by atoms with Crippen molar-refractivity contribution in [2.45, 2.75) is 13.0 Å². The number of benzene rings is 2. The van der Waals surface area contributed by atoms with E-state index >= 15 is 0 Å². The molecule has 0 heterocycles. The molecule has 2 aromatic carbocycles. The lowest BCUT2D eigenvalue weighted by Crippen LogP contribution is -2.15. The minimum atomic E-state index is -0.503. The summed E-state index contributed by atoms with van der Waals surface area (Å²) in [5, 5.41) is 2.99. The van der Waals surface area contributed by atoms with Crippen LogP contribution >= 0.6 is 0 Å². The topological polar surface area (TPSA) is 64.3 Å². The number of nitrogens with two attached hydrogens (primary N) is 1. The first-order valence-electron chi connectivity index (χ1n) is 6.56. The molecule has 0 aromatic heterocycles. The van der Waals surface area contributed by atoms with E-state index in [0.29, 0.717) is 22.6 Å². The van der Waals surface area contributed by atoms with Crippen molar-refractivity contribution in [2.24, 2.45) is 5.73 Å². The Morgan fingerprint density at radius 3 is 2.48 bits per heavy atom. The summed E-state index contributed by atoms with van der Waals surface area (Å²) < 4.78 is 19.7. The van der Waals surface area contributed by atoms with Gasteiger partial charge in [0.15, 0.2) is 0 Å². The molecule has 5 heteroatoms. The monoisotopic (exact) mass is 288 g/mol. The quantitative estimate of drug-likeness (QED) is 0.889. The van der Waals surface area contributed by atoms with Gasteiger partial charge >= 0.3 is 0 Å². The van der Waals surface area contributed by atoms with Crippen LogP contribution < -0.4 is 15.8 Å². The molecule has 1 atom stereocenters. The molecular weight excluding hydrogens is 271 g/mol. The number of nitrogens with one attached hydrogen (secondary N) is 1. The van der Waals surface area contributed by atoms with Crippen molar-refractivity contribution in [3.63, 3.8) is 0 Å². The van der Waals surface area contributed by atoms with Gasteiger partial charge in [-0.05, 0) is 50.4 Å². The number of hydrogen-bond donors (Lipinski definition) is 2. The molecule has 0 saturated carbocycles. The molecule has 0 aliphatic carbocycles. The van der Waals surface area contributed by atoms with Crippen LogP contribution in [-0.2, 0) is 0 Å². The van der Waals surface area contributed by atoms with Crippen LogP contribution in [0.2, 0.25) is 0 Å². The number of hydrogen-bond acceptors (Lipinski definition) is 3. The number of carbonyl (C=O) groups excluding carboxylic acids is 1. The Balaban J connectivity index is 2.31. The smallest absolute Gasteiger partial charge is 0.248 e. The fraction of sp³-hybridized carbons (Fsp3) is 0.188. The molecule has 2 rings (SSSR count). The second-order valence-corrected chi connectivity index (χ2v) is 4.65. The molecule has 0 saturated heterocycles. The maximum atomic E-state index is 14.0. The fourth-order valence-electron chi connectivity index (χ4n) is 1.99. The van der Waals surface area contributed by atoms with Crippen molar-refractivity contribution in [3.8, 4) is 11.5 Å². The molecule has 1 unspecified atom stereocenters. The van der Waals surface area contributed by atoms with Crippen LogP contribution in [0, 0.1) is 5.82 Å². The van der Waals surface area contributed by atoms with E-state index in [2.05, 4.69) is 5.32 Å². The molecule has 0 bridgehead atoms. The second kappa shape index (κ2) is 6.37. The molecule has 0 radical (unpaired) electrons. The van der Waals surface area contributed by atoms with Gasteiger partial charge in [-0.3, -0.25) is 4.79 Å². The predicted octanol–water partition coefficient (Wildman–Crippen LogP) is 3.00. The van der Waals surface area contributed by atoms with Crippen molar-refractivity contribution in [2.75, 3.05) is 7.05 Å². The normalized spacial score (nSPS) is 12.0. The maximum Gasteiger partial charge on any atom is 0.248 e. The zero-order chi connectivity index (χ0) is 15.4. The molecule has 110 valence electrons. The molecule has 0 aliphatic rings. The highest BCUT2D eigenvalue weighted by molar-refractivity contribution is 5.92. The van der Waals surface area contributed by atoms with Crippen molar-refractivity contribution < 1.29 is 13.9 Å². The molecule has 21 heavy (non-hydrogen) atoms. The molecule has 3 N–H and O–H groups in total. The van der Waals surface area contributed by atoms with Crippen LogP contribution in [0.25, 0.3) is 0 Å². The van der Waals surface area contributed by atoms with Gasteiger partial charge in [0.05, 0.1) is 0 Å². The Kier molecular flexibility index (Phi) is 4.55. The SMILES string of the molecule is CNC(C)c1c(F)cccc1Oc1ccc(C(N)=O)cc1. The number of rotatable bonds is 5. The Morgan fingerprint density at radius 1 is 1.24 bits per heavy atom. The number of primary amides is 1. The minimum Gasteiger partial charge on any atom is -0.457 e. The maximum absolute atomic E-state index is 14.0. The van der Waals surface area contributed by atoms with Crippen LogP contribution in [0.15, 0.2) is 42.5 Å². The summed E-state index contributed by atoms with van der Waals surface area (Å²) in [6.45, 7) is 1.85. The fourth-order valence-corrected chi connectivity index (χ4v) is 1.99. The standard InChI is InChI=1S/C16H17FN2O2/c1-10(19-2)15-13(17)4-3-5-14(15)21-12-8-6-11(7-9-12)16(18)20/h3-10,19H,1-2H3,(H2,18,20). The van der Waals surface area contributed by atoms with Gasteiger partial charge in [-0.15, -0.1) is 0 Å². The van der Waals surface area contributed by atoms with Crippen LogP contribution in [0.3, 0.4) is 0 Å². The van der Waals surface area contributed by atoms with Gasteiger partial charge < -0.3 is 15.8 Å². The highest BCUT2D eigenvalue weighted by Gasteiger charge is 2.16. The van der Waals surface area contributed by atoms with Gasteiger partial charge in [0.2, 0.25) is 5.91 Å². The van der Waals surface area contributed by atoms with E-state index in [1.807, 2.05) is 6.92 Å². The average Bonchev–Trinajstić information content (AvgIpc) is 2.47. The van der Waals surface area contributed by atoms with E-state index in [4.69, 9.17) is 10.5 Å².